The van der Waals surface area contributed by atoms with Gasteiger partial charge < -0.3 is 5.11 Å². The van der Waals surface area contributed by atoms with Crippen LogP contribution < -0.4 is 0 Å². The molecule has 8 atom stereocenters. The maximum Gasteiger partial charge on any atom is 0.0594 e. The summed E-state index contributed by atoms with van der Waals surface area (Å²) in [6.45, 7) is 20.4. The molecule has 1 N–H and O–H groups in total. The molecule has 0 heterocycles. The van der Waals surface area contributed by atoms with Crippen molar-refractivity contribution in [2.24, 2.45) is 50.2 Å². The summed E-state index contributed by atoms with van der Waals surface area (Å²) < 4.78 is 0. The van der Waals surface area contributed by atoms with Crippen LogP contribution >= 0.6 is 0 Å². The molecule has 4 saturated carbocycles. The molecule has 5 aliphatic rings. The monoisotopic (exact) mass is 426 g/mol. The summed E-state index contributed by atoms with van der Waals surface area (Å²) in [6.07, 6.45) is 15.9. The third-order valence-electron chi connectivity index (χ3n) is 13.0. The van der Waals surface area contributed by atoms with E-state index in [9.17, 15) is 5.11 Å². The number of rotatable bonds is 0. The van der Waals surface area contributed by atoms with Gasteiger partial charge in [-0.05, 0) is 114 Å². The van der Waals surface area contributed by atoms with E-state index in [1.807, 2.05) is 5.57 Å². The molecular formula is C30H50O. The molecule has 1 heteroatoms. The van der Waals surface area contributed by atoms with Crippen molar-refractivity contribution in [3.05, 3.63) is 11.6 Å². The zero-order valence-corrected chi connectivity index (χ0v) is 21.9. The predicted octanol–water partition coefficient (Wildman–Crippen LogP) is 8.17. The van der Waals surface area contributed by atoms with Gasteiger partial charge in [0, 0.05) is 0 Å². The quantitative estimate of drug-likeness (QED) is 0.387. The van der Waals surface area contributed by atoms with Gasteiger partial charge in [-0.15, -0.1) is 0 Å². The van der Waals surface area contributed by atoms with Crippen LogP contribution in [0.2, 0.25) is 0 Å². The first-order chi connectivity index (χ1) is 14.2. The Hall–Kier alpha value is -0.300. The highest BCUT2D eigenvalue weighted by Crippen LogP contribution is 2.75. The lowest BCUT2D eigenvalue weighted by Gasteiger charge is -2.71. The van der Waals surface area contributed by atoms with E-state index in [1.165, 1.54) is 57.8 Å². The van der Waals surface area contributed by atoms with Crippen molar-refractivity contribution in [1.29, 1.82) is 0 Å². The van der Waals surface area contributed by atoms with E-state index in [0.29, 0.717) is 33.0 Å². The van der Waals surface area contributed by atoms with Gasteiger partial charge in [0.25, 0.3) is 0 Å². The zero-order chi connectivity index (χ0) is 22.7. The SMILES string of the molecule is CC1(C)CC[C@]2(C)CC[C@@]3(C)C(=CCC4[C@@]5(C)CCC(O)C(C)(C)C5CC[C@@]43C)C2C1. The lowest BCUT2D eigenvalue weighted by Crippen LogP contribution is -2.64. The van der Waals surface area contributed by atoms with Gasteiger partial charge in [0.15, 0.2) is 0 Å². The first-order valence-electron chi connectivity index (χ1n) is 13.6. The minimum Gasteiger partial charge on any atom is -0.393 e. The standard InChI is InChI=1S/C30H50O/c1-25(2)15-16-27(5)17-18-29(7)20(21(27)19-25)9-10-23-28(6)13-12-24(31)26(3,4)22(28)11-14-30(23,29)8/h9,21-24,31H,10-19H2,1-8H3/t21?,22?,23?,24?,27-,28+,29+,30+/m1/s1. The van der Waals surface area contributed by atoms with Gasteiger partial charge in [-0.1, -0.05) is 67.0 Å². The fraction of sp³-hybridized carbons (Fsp3) is 0.933. The molecule has 5 rings (SSSR count). The second-order valence-corrected chi connectivity index (χ2v) is 15.2. The van der Waals surface area contributed by atoms with Gasteiger partial charge in [-0.25, -0.2) is 0 Å². The van der Waals surface area contributed by atoms with Gasteiger partial charge in [0.1, 0.15) is 0 Å². The highest BCUT2D eigenvalue weighted by atomic mass is 16.3. The molecule has 31 heavy (non-hydrogen) atoms. The van der Waals surface area contributed by atoms with Crippen molar-refractivity contribution in [3.63, 3.8) is 0 Å². The van der Waals surface area contributed by atoms with Crippen LogP contribution in [0.25, 0.3) is 0 Å². The Bertz CT molecular complexity index is 790. The minimum absolute atomic E-state index is 0.0533. The molecule has 0 amide bonds. The van der Waals surface area contributed by atoms with Crippen molar-refractivity contribution >= 4 is 0 Å². The van der Waals surface area contributed by atoms with Crippen molar-refractivity contribution in [3.8, 4) is 0 Å². The maximum absolute atomic E-state index is 10.9. The van der Waals surface area contributed by atoms with E-state index in [2.05, 4.69) is 61.5 Å². The Kier molecular flexibility index (Phi) is 4.66. The van der Waals surface area contributed by atoms with Gasteiger partial charge in [-0.3, -0.25) is 0 Å². The van der Waals surface area contributed by atoms with E-state index in [0.717, 1.165) is 18.3 Å². The van der Waals surface area contributed by atoms with Crippen molar-refractivity contribution in [1.82, 2.24) is 0 Å². The molecule has 0 saturated heterocycles. The number of fused-ring (bicyclic) bond motifs is 7. The van der Waals surface area contributed by atoms with Crippen molar-refractivity contribution in [2.75, 3.05) is 0 Å². The summed E-state index contributed by atoms with van der Waals surface area (Å²) in [7, 11) is 0. The van der Waals surface area contributed by atoms with E-state index in [-0.39, 0.29) is 11.5 Å². The van der Waals surface area contributed by atoms with Crippen molar-refractivity contribution < 1.29 is 5.11 Å². The second kappa shape index (κ2) is 6.43. The number of hydrogen-bond donors (Lipinski definition) is 1. The van der Waals surface area contributed by atoms with Crippen LogP contribution in [0, 0.1) is 50.2 Å². The lowest BCUT2D eigenvalue weighted by molar-refractivity contribution is -0.202. The second-order valence-electron chi connectivity index (χ2n) is 15.2. The molecule has 0 spiro atoms. The summed E-state index contributed by atoms with van der Waals surface area (Å²) in [5, 5.41) is 10.9. The molecule has 176 valence electrons. The van der Waals surface area contributed by atoms with Crippen LogP contribution in [0.4, 0.5) is 0 Å². The summed E-state index contributed by atoms with van der Waals surface area (Å²) >= 11 is 0. The first-order valence-corrected chi connectivity index (χ1v) is 13.6. The van der Waals surface area contributed by atoms with Crippen LogP contribution in [0.1, 0.15) is 120 Å². The van der Waals surface area contributed by atoms with Crippen LogP contribution in [0.15, 0.2) is 11.6 Å². The van der Waals surface area contributed by atoms with Crippen molar-refractivity contribution in [2.45, 2.75) is 126 Å². The normalized spacial score (nSPS) is 55.2. The Morgan fingerprint density at radius 1 is 0.774 bits per heavy atom. The van der Waals surface area contributed by atoms with E-state index < -0.39 is 0 Å². The van der Waals surface area contributed by atoms with Gasteiger partial charge in [0.05, 0.1) is 6.10 Å². The number of hydrogen-bond acceptors (Lipinski definition) is 1. The first kappa shape index (κ1) is 22.5. The third-order valence-corrected chi connectivity index (χ3v) is 13.0. The Balaban J connectivity index is 1.57. The van der Waals surface area contributed by atoms with Crippen LogP contribution in [0.3, 0.4) is 0 Å². The highest BCUT2D eigenvalue weighted by Gasteiger charge is 2.67. The summed E-state index contributed by atoms with van der Waals surface area (Å²) in [5.41, 5.74) is 4.09. The largest absolute Gasteiger partial charge is 0.393 e. The fourth-order valence-electron chi connectivity index (χ4n) is 10.5. The average Bonchev–Trinajstić information content (AvgIpc) is 2.67. The Morgan fingerprint density at radius 2 is 1.45 bits per heavy atom. The molecule has 1 nitrogen and oxygen atoms in total. The topological polar surface area (TPSA) is 20.2 Å². The van der Waals surface area contributed by atoms with Gasteiger partial charge in [-0.2, -0.15) is 0 Å². The highest BCUT2D eigenvalue weighted by molar-refractivity contribution is 5.33. The molecule has 0 aromatic heterocycles. The van der Waals surface area contributed by atoms with E-state index >= 15 is 0 Å². The summed E-state index contributed by atoms with van der Waals surface area (Å²) in [5.74, 6) is 2.21. The molecule has 0 bridgehead atoms. The number of aliphatic hydroxyl groups excluding tert-OH is 1. The molecule has 0 aliphatic heterocycles. The smallest absolute Gasteiger partial charge is 0.0594 e. The minimum atomic E-state index is -0.125. The summed E-state index contributed by atoms with van der Waals surface area (Å²) in [6, 6.07) is 0. The third kappa shape index (κ3) is 2.77. The molecule has 4 fully saturated rings. The van der Waals surface area contributed by atoms with Crippen LogP contribution in [-0.4, -0.2) is 11.2 Å². The molecular weight excluding hydrogens is 376 g/mol. The molecule has 0 aromatic rings. The molecule has 0 aromatic carbocycles. The van der Waals surface area contributed by atoms with E-state index in [1.54, 1.807) is 0 Å². The average molecular weight is 427 g/mol. The maximum atomic E-state index is 10.9. The molecule has 5 aliphatic carbocycles. The molecule has 0 radical (unpaired) electrons. The fourth-order valence-corrected chi connectivity index (χ4v) is 10.5. The van der Waals surface area contributed by atoms with Crippen LogP contribution in [-0.2, 0) is 0 Å². The Labute approximate surface area is 192 Å². The predicted molar refractivity (Wildman–Crippen MR) is 131 cm³/mol. The van der Waals surface area contributed by atoms with Crippen LogP contribution in [0.5, 0.6) is 0 Å². The zero-order valence-electron chi connectivity index (χ0n) is 21.9. The van der Waals surface area contributed by atoms with Gasteiger partial charge in [0.2, 0.25) is 0 Å². The summed E-state index contributed by atoms with van der Waals surface area (Å²) in [4.78, 5) is 0. The number of allylic oxidation sites excluding steroid dienone is 2. The molecule has 4 unspecified atom stereocenters. The van der Waals surface area contributed by atoms with E-state index in [4.69, 9.17) is 0 Å². The Morgan fingerprint density at radius 3 is 2.16 bits per heavy atom. The number of aliphatic hydroxyl groups is 1. The van der Waals surface area contributed by atoms with Gasteiger partial charge >= 0.3 is 0 Å². The lowest BCUT2D eigenvalue weighted by atomic mass is 9.33.